The number of alkyl halides is 3. The average Bonchev–Trinajstić information content (AvgIpc) is 2.84. The minimum atomic E-state index is -4.39. The summed E-state index contributed by atoms with van der Waals surface area (Å²) in [5, 5.41) is 3.17. The van der Waals surface area contributed by atoms with Crippen LogP contribution in [0.15, 0.2) is 41.2 Å². The van der Waals surface area contributed by atoms with Crippen molar-refractivity contribution in [3.8, 4) is 0 Å². The van der Waals surface area contributed by atoms with Crippen molar-refractivity contribution in [2.45, 2.75) is 19.1 Å². The van der Waals surface area contributed by atoms with E-state index in [9.17, 15) is 13.2 Å². The van der Waals surface area contributed by atoms with Crippen LogP contribution >= 0.6 is 11.6 Å². The summed E-state index contributed by atoms with van der Waals surface area (Å²) in [6.45, 7) is 1.81. The zero-order valence-corrected chi connectivity index (χ0v) is 10.7. The Hall–Kier alpha value is -1.62. The first-order valence-corrected chi connectivity index (χ1v) is 5.91. The summed E-state index contributed by atoms with van der Waals surface area (Å²) < 4.78 is 42.8. The molecule has 0 spiro atoms. The number of anilines is 1. The standard InChI is InChI=1S/C13H11ClF3NO/c1-8(9-4-5-19-7-9)18-12-6-10(13(15,16)17)2-3-11(12)14/h2-8,18H,1H3. The molecular weight excluding hydrogens is 279 g/mol. The van der Waals surface area contributed by atoms with Crippen molar-refractivity contribution in [2.75, 3.05) is 5.32 Å². The highest BCUT2D eigenvalue weighted by atomic mass is 35.5. The minimum Gasteiger partial charge on any atom is -0.472 e. The van der Waals surface area contributed by atoms with Crippen molar-refractivity contribution < 1.29 is 17.6 Å². The van der Waals surface area contributed by atoms with Crippen LogP contribution in [0.1, 0.15) is 24.1 Å². The van der Waals surface area contributed by atoms with Crippen LogP contribution in [0.25, 0.3) is 0 Å². The third-order valence-corrected chi connectivity index (χ3v) is 3.04. The van der Waals surface area contributed by atoms with Crippen LogP contribution in [0.4, 0.5) is 18.9 Å². The van der Waals surface area contributed by atoms with Gasteiger partial charge in [-0.15, -0.1) is 0 Å². The first kappa shape index (κ1) is 13.8. The maximum atomic E-state index is 12.6. The number of rotatable bonds is 3. The second-order valence-electron chi connectivity index (χ2n) is 4.12. The fourth-order valence-electron chi connectivity index (χ4n) is 1.65. The lowest BCUT2D eigenvalue weighted by Crippen LogP contribution is -2.09. The third kappa shape index (κ3) is 3.23. The Balaban J connectivity index is 2.25. The molecule has 1 aromatic heterocycles. The van der Waals surface area contributed by atoms with E-state index in [4.69, 9.17) is 16.0 Å². The van der Waals surface area contributed by atoms with Gasteiger partial charge in [0.05, 0.1) is 34.8 Å². The highest BCUT2D eigenvalue weighted by Gasteiger charge is 2.31. The Morgan fingerprint density at radius 2 is 2.00 bits per heavy atom. The summed E-state index contributed by atoms with van der Waals surface area (Å²) in [5.41, 5.74) is 0.331. The fourth-order valence-corrected chi connectivity index (χ4v) is 1.82. The van der Waals surface area contributed by atoms with Gasteiger partial charge in [-0.1, -0.05) is 11.6 Å². The molecule has 0 aliphatic heterocycles. The van der Waals surface area contributed by atoms with Gasteiger partial charge in [-0.2, -0.15) is 13.2 Å². The number of hydrogen-bond donors (Lipinski definition) is 1. The van der Waals surface area contributed by atoms with Gasteiger partial charge in [0.25, 0.3) is 0 Å². The van der Waals surface area contributed by atoms with Gasteiger partial charge in [-0.3, -0.25) is 0 Å². The highest BCUT2D eigenvalue weighted by molar-refractivity contribution is 6.33. The summed E-state index contributed by atoms with van der Waals surface area (Å²) in [5.74, 6) is 0. The average molecular weight is 290 g/mol. The molecule has 0 aliphatic carbocycles. The summed E-state index contributed by atoms with van der Waals surface area (Å²) >= 11 is 5.90. The van der Waals surface area contributed by atoms with E-state index in [1.165, 1.54) is 18.6 Å². The number of halogens is 4. The number of hydrogen-bond acceptors (Lipinski definition) is 2. The molecule has 102 valence electrons. The molecule has 0 saturated heterocycles. The predicted molar refractivity (Wildman–Crippen MR) is 67.2 cm³/mol. The van der Waals surface area contributed by atoms with E-state index >= 15 is 0 Å². The van der Waals surface area contributed by atoms with Crippen LogP contribution in [0, 0.1) is 0 Å². The Kier molecular flexibility index (Phi) is 3.75. The van der Waals surface area contributed by atoms with Crippen LogP contribution in [-0.2, 0) is 6.18 Å². The maximum Gasteiger partial charge on any atom is 0.416 e. The first-order chi connectivity index (χ1) is 8.88. The molecule has 1 atom stereocenters. The zero-order valence-electron chi connectivity index (χ0n) is 9.96. The SMILES string of the molecule is CC(Nc1cc(C(F)(F)F)ccc1Cl)c1ccoc1. The van der Waals surface area contributed by atoms with E-state index in [-0.39, 0.29) is 16.8 Å². The van der Waals surface area contributed by atoms with Crippen LogP contribution in [-0.4, -0.2) is 0 Å². The van der Waals surface area contributed by atoms with E-state index in [1.807, 2.05) is 0 Å². The Morgan fingerprint density at radius 1 is 1.26 bits per heavy atom. The molecule has 6 heteroatoms. The molecule has 1 unspecified atom stereocenters. The lowest BCUT2D eigenvalue weighted by Gasteiger charge is -2.16. The van der Waals surface area contributed by atoms with Crippen LogP contribution in [0.3, 0.4) is 0 Å². The quantitative estimate of drug-likeness (QED) is 0.848. The molecule has 1 aromatic carbocycles. The van der Waals surface area contributed by atoms with Crippen molar-refractivity contribution in [1.29, 1.82) is 0 Å². The lowest BCUT2D eigenvalue weighted by molar-refractivity contribution is -0.137. The lowest BCUT2D eigenvalue weighted by atomic mass is 10.1. The second-order valence-corrected chi connectivity index (χ2v) is 4.52. The van der Waals surface area contributed by atoms with Crippen LogP contribution in [0.2, 0.25) is 5.02 Å². The predicted octanol–water partition coefficient (Wildman–Crippen LogP) is 5.12. The van der Waals surface area contributed by atoms with Gasteiger partial charge >= 0.3 is 6.18 Å². The molecule has 2 aromatic rings. The van der Waals surface area contributed by atoms with E-state index in [1.54, 1.807) is 13.0 Å². The maximum absolute atomic E-state index is 12.6. The molecule has 19 heavy (non-hydrogen) atoms. The van der Waals surface area contributed by atoms with Crippen molar-refractivity contribution >= 4 is 17.3 Å². The van der Waals surface area contributed by atoms with Crippen molar-refractivity contribution in [3.63, 3.8) is 0 Å². The van der Waals surface area contributed by atoms with E-state index in [0.29, 0.717) is 0 Å². The molecule has 0 amide bonds. The summed E-state index contributed by atoms with van der Waals surface area (Å²) in [4.78, 5) is 0. The van der Waals surface area contributed by atoms with Crippen LogP contribution in [0.5, 0.6) is 0 Å². The Morgan fingerprint density at radius 3 is 2.58 bits per heavy atom. The zero-order chi connectivity index (χ0) is 14.0. The van der Waals surface area contributed by atoms with E-state index in [0.717, 1.165) is 17.7 Å². The molecule has 0 bridgehead atoms. The third-order valence-electron chi connectivity index (χ3n) is 2.71. The van der Waals surface area contributed by atoms with Gasteiger partial charge in [0.15, 0.2) is 0 Å². The van der Waals surface area contributed by atoms with Crippen molar-refractivity contribution in [1.82, 2.24) is 0 Å². The Labute approximate surface area is 113 Å². The summed E-state index contributed by atoms with van der Waals surface area (Å²) in [6, 6.07) is 4.71. The molecular formula is C13H11ClF3NO. The summed E-state index contributed by atoms with van der Waals surface area (Å²) in [7, 11) is 0. The van der Waals surface area contributed by atoms with Crippen LogP contribution < -0.4 is 5.32 Å². The molecule has 0 aliphatic rings. The van der Waals surface area contributed by atoms with E-state index in [2.05, 4.69) is 5.32 Å². The van der Waals surface area contributed by atoms with Gasteiger partial charge < -0.3 is 9.73 Å². The van der Waals surface area contributed by atoms with Gasteiger partial charge in [-0.25, -0.2) is 0 Å². The highest BCUT2D eigenvalue weighted by Crippen LogP contribution is 2.35. The Bertz CT molecular complexity index is 552. The molecule has 0 radical (unpaired) electrons. The van der Waals surface area contributed by atoms with Gasteiger partial charge in [0.2, 0.25) is 0 Å². The topological polar surface area (TPSA) is 25.2 Å². The number of benzene rings is 1. The van der Waals surface area contributed by atoms with E-state index < -0.39 is 11.7 Å². The number of nitrogens with one attached hydrogen (secondary N) is 1. The largest absolute Gasteiger partial charge is 0.472 e. The fraction of sp³-hybridized carbons (Fsp3) is 0.231. The van der Waals surface area contributed by atoms with Gasteiger partial charge in [-0.05, 0) is 31.2 Å². The minimum absolute atomic E-state index is 0.209. The molecule has 1 heterocycles. The number of furan rings is 1. The monoisotopic (exact) mass is 289 g/mol. The molecule has 0 fully saturated rings. The smallest absolute Gasteiger partial charge is 0.416 e. The molecule has 1 N–H and O–H groups in total. The normalized spacial score (nSPS) is 13.3. The van der Waals surface area contributed by atoms with Crippen molar-refractivity contribution in [2.24, 2.45) is 0 Å². The summed E-state index contributed by atoms with van der Waals surface area (Å²) in [6.07, 6.45) is -1.36. The van der Waals surface area contributed by atoms with Gasteiger partial charge in [0, 0.05) is 5.56 Å². The second kappa shape index (κ2) is 5.17. The van der Waals surface area contributed by atoms with Crippen molar-refractivity contribution in [3.05, 3.63) is 52.9 Å². The van der Waals surface area contributed by atoms with Gasteiger partial charge in [0.1, 0.15) is 0 Å². The molecule has 0 saturated carbocycles. The molecule has 2 rings (SSSR count). The molecule has 2 nitrogen and oxygen atoms in total. The first-order valence-electron chi connectivity index (χ1n) is 5.53.